The summed E-state index contributed by atoms with van der Waals surface area (Å²) < 4.78 is 43.8. The van der Waals surface area contributed by atoms with Crippen LogP contribution in [0.4, 0.5) is 24.5 Å². The lowest BCUT2D eigenvalue weighted by Crippen LogP contribution is -2.17. The van der Waals surface area contributed by atoms with Gasteiger partial charge in [-0.25, -0.2) is 4.98 Å². The first-order chi connectivity index (χ1) is 14.8. The minimum absolute atomic E-state index is 0.0515. The van der Waals surface area contributed by atoms with E-state index in [-0.39, 0.29) is 12.2 Å². The van der Waals surface area contributed by atoms with Crippen LogP contribution < -0.4 is 15.9 Å². The molecule has 0 aliphatic carbocycles. The van der Waals surface area contributed by atoms with Gasteiger partial charge >= 0.3 is 6.18 Å². The van der Waals surface area contributed by atoms with Crippen molar-refractivity contribution in [3.8, 4) is 11.6 Å². The number of nitrogens with zero attached hydrogens (tertiary/aromatic N) is 4. The number of aliphatic imine (C=N–C) groups is 1. The molecule has 0 fully saturated rings. The van der Waals surface area contributed by atoms with E-state index in [1.807, 2.05) is 0 Å². The third-order valence-corrected chi connectivity index (χ3v) is 4.12. The van der Waals surface area contributed by atoms with E-state index in [0.717, 1.165) is 12.3 Å². The van der Waals surface area contributed by atoms with E-state index in [9.17, 15) is 13.2 Å². The summed E-state index contributed by atoms with van der Waals surface area (Å²) in [5, 5.41) is 6.70. The molecule has 0 spiro atoms. The van der Waals surface area contributed by atoms with Gasteiger partial charge in [0.1, 0.15) is 11.4 Å². The van der Waals surface area contributed by atoms with Crippen molar-refractivity contribution in [2.75, 3.05) is 11.9 Å². The quantitative estimate of drug-likeness (QED) is 0.299. The number of benzene rings is 1. The van der Waals surface area contributed by atoms with Crippen LogP contribution in [0.2, 0.25) is 5.02 Å². The molecular weight excluding hydrogens is 433 g/mol. The van der Waals surface area contributed by atoms with Gasteiger partial charge in [-0.1, -0.05) is 17.7 Å². The Morgan fingerprint density at radius 2 is 1.97 bits per heavy atom. The number of ether oxygens (including phenoxy) is 1. The predicted octanol–water partition coefficient (Wildman–Crippen LogP) is 5.07. The number of aromatic nitrogens is 2. The van der Waals surface area contributed by atoms with Gasteiger partial charge in [0.15, 0.2) is 0 Å². The molecule has 0 atom stereocenters. The zero-order valence-corrected chi connectivity index (χ0v) is 16.6. The average Bonchev–Trinajstić information content (AvgIpc) is 2.76. The number of hydrogen-bond acceptors (Lipinski definition) is 7. The summed E-state index contributed by atoms with van der Waals surface area (Å²) in [7, 11) is 0. The monoisotopic (exact) mass is 448 g/mol. The van der Waals surface area contributed by atoms with Gasteiger partial charge in [-0.05, 0) is 36.4 Å². The third kappa shape index (κ3) is 6.41. The number of halogens is 4. The van der Waals surface area contributed by atoms with Crippen LogP contribution in [0.15, 0.2) is 71.0 Å². The van der Waals surface area contributed by atoms with E-state index in [1.54, 1.807) is 42.6 Å². The van der Waals surface area contributed by atoms with E-state index in [2.05, 4.69) is 25.4 Å². The molecule has 31 heavy (non-hydrogen) atoms. The summed E-state index contributed by atoms with van der Waals surface area (Å²) in [6.07, 6.45) is -0.492. The maximum Gasteiger partial charge on any atom is 0.433 e. The van der Waals surface area contributed by atoms with Crippen molar-refractivity contribution in [1.29, 1.82) is 0 Å². The highest BCUT2D eigenvalue weighted by Crippen LogP contribution is 2.32. The maximum absolute atomic E-state index is 12.7. The van der Waals surface area contributed by atoms with Crippen molar-refractivity contribution in [3.05, 3.63) is 71.6 Å². The standard InChI is InChI=1S/C20H16ClF3N6O/c21-16-9-13(4-5-17(16)31-19-3-1-2-7-27-19)28-11-15(30-25)12-29-14-6-8-26-18(10-14)20(22,23)24/h1-11H,12,25H2,(H,26,29). The largest absolute Gasteiger partial charge is 0.437 e. The summed E-state index contributed by atoms with van der Waals surface area (Å²) in [5.41, 5.74) is 0.0223. The van der Waals surface area contributed by atoms with Crippen LogP contribution >= 0.6 is 11.6 Å². The van der Waals surface area contributed by atoms with Crippen molar-refractivity contribution in [1.82, 2.24) is 9.97 Å². The molecular formula is C20H16ClF3N6O. The van der Waals surface area contributed by atoms with Crippen molar-refractivity contribution < 1.29 is 17.9 Å². The van der Waals surface area contributed by atoms with Crippen molar-refractivity contribution in [2.24, 2.45) is 15.9 Å². The Balaban J connectivity index is 1.63. The Morgan fingerprint density at radius 1 is 1.13 bits per heavy atom. The Bertz CT molecular complexity index is 1090. The van der Waals surface area contributed by atoms with Crippen LogP contribution in [0.3, 0.4) is 0 Å². The Morgan fingerprint density at radius 3 is 2.65 bits per heavy atom. The number of rotatable bonds is 7. The second-order valence-electron chi connectivity index (χ2n) is 6.04. The van der Waals surface area contributed by atoms with Crippen LogP contribution in [0.25, 0.3) is 0 Å². The molecule has 11 heteroatoms. The number of anilines is 1. The van der Waals surface area contributed by atoms with Crippen LogP contribution in [0.1, 0.15) is 5.69 Å². The molecule has 3 aromatic rings. The number of alkyl halides is 3. The van der Waals surface area contributed by atoms with E-state index in [1.165, 1.54) is 12.3 Å². The molecule has 0 amide bonds. The van der Waals surface area contributed by atoms with Gasteiger partial charge in [0.05, 0.1) is 29.2 Å². The maximum atomic E-state index is 12.7. The van der Waals surface area contributed by atoms with Crippen molar-refractivity contribution in [3.63, 3.8) is 0 Å². The van der Waals surface area contributed by atoms with Gasteiger partial charge in [0.25, 0.3) is 0 Å². The zero-order valence-electron chi connectivity index (χ0n) is 15.8. The lowest BCUT2D eigenvalue weighted by molar-refractivity contribution is -0.141. The highest BCUT2D eigenvalue weighted by Gasteiger charge is 2.32. The summed E-state index contributed by atoms with van der Waals surface area (Å²) in [6.45, 7) is 0.0515. The Hall–Kier alpha value is -3.66. The molecule has 160 valence electrons. The normalized spacial score (nSPS) is 12.2. The molecule has 0 bridgehead atoms. The van der Waals surface area contributed by atoms with Crippen molar-refractivity contribution >= 4 is 34.9 Å². The number of hydrazone groups is 1. The summed E-state index contributed by atoms with van der Waals surface area (Å²) in [5.74, 6) is 6.16. The highest BCUT2D eigenvalue weighted by molar-refractivity contribution is 6.33. The van der Waals surface area contributed by atoms with Gasteiger partial charge in [0.2, 0.25) is 5.88 Å². The van der Waals surface area contributed by atoms with Crippen LogP contribution in [0, 0.1) is 0 Å². The molecule has 7 nitrogen and oxygen atoms in total. The topological polar surface area (TPSA) is 97.8 Å². The smallest absolute Gasteiger partial charge is 0.433 e. The van der Waals surface area contributed by atoms with E-state index in [4.69, 9.17) is 22.2 Å². The Kier molecular flexibility index (Phi) is 7.03. The van der Waals surface area contributed by atoms with Crippen LogP contribution in [0.5, 0.6) is 11.6 Å². The molecule has 0 aliphatic heterocycles. The van der Waals surface area contributed by atoms with Gasteiger partial charge in [-0.3, -0.25) is 9.98 Å². The third-order valence-electron chi connectivity index (χ3n) is 3.82. The Labute approximate surface area is 180 Å². The summed E-state index contributed by atoms with van der Waals surface area (Å²) in [4.78, 5) is 11.6. The van der Waals surface area contributed by atoms with Crippen LogP contribution in [-0.4, -0.2) is 28.4 Å². The molecule has 0 saturated heterocycles. The molecule has 2 aromatic heterocycles. The van der Waals surface area contributed by atoms with Gasteiger partial charge in [-0.15, -0.1) is 0 Å². The molecule has 0 unspecified atom stereocenters. The fourth-order valence-corrected chi connectivity index (χ4v) is 2.55. The highest BCUT2D eigenvalue weighted by atomic mass is 35.5. The minimum atomic E-state index is -4.53. The van der Waals surface area contributed by atoms with E-state index in [0.29, 0.717) is 28.1 Å². The molecule has 3 N–H and O–H groups in total. The van der Waals surface area contributed by atoms with E-state index < -0.39 is 11.9 Å². The number of hydrogen-bond donors (Lipinski definition) is 2. The zero-order chi connectivity index (χ0) is 22.3. The molecule has 1 aromatic carbocycles. The second-order valence-corrected chi connectivity index (χ2v) is 6.45. The molecule has 2 heterocycles. The molecule has 0 radical (unpaired) electrons. The fourth-order valence-electron chi connectivity index (χ4n) is 2.33. The lowest BCUT2D eigenvalue weighted by atomic mass is 10.3. The number of nitrogens with one attached hydrogen (secondary N) is 1. The van der Waals surface area contributed by atoms with Crippen LogP contribution in [-0.2, 0) is 6.18 Å². The van der Waals surface area contributed by atoms with E-state index >= 15 is 0 Å². The number of nitrogens with two attached hydrogens (primary N) is 1. The molecule has 3 rings (SSSR count). The minimum Gasteiger partial charge on any atom is -0.437 e. The van der Waals surface area contributed by atoms with Gasteiger partial charge in [0, 0.05) is 24.1 Å². The first-order valence-electron chi connectivity index (χ1n) is 8.81. The summed E-state index contributed by atoms with van der Waals surface area (Å²) >= 11 is 6.23. The number of pyridine rings is 2. The fraction of sp³-hybridized carbons (Fsp3) is 0.100. The average molecular weight is 449 g/mol. The molecule has 0 aliphatic rings. The summed E-state index contributed by atoms with van der Waals surface area (Å²) in [6, 6.07) is 12.4. The first-order valence-corrected chi connectivity index (χ1v) is 9.19. The second kappa shape index (κ2) is 9.90. The van der Waals surface area contributed by atoms with Gasteiger partial charge in [-0.2, -0.15) is 18.3 Å². The first kappa shape index (κ1) is 22.0. The van der Waals surface area contributed by atoms with Gasteiger partial charge < -0.3 is 15.9 Å². The molecule has 0 saturated carbocycles. The van der Waals surface area contributed by atoms with Crippen molar-refractivity contribution in [2.45, 2.75) is 6.18 Å². The predicted molar refractivity (Wildman–Crippen MR) is 113 cm³/mol. The SMILES string of the molecule is NN=C(C=Nc1ccc(Oc2ccccn2)c(Cl)c1)CNc1ccnc(C(F)(F)F)c1. The lowest BCUT2D eigenvalue weighted by Gasteiger charge is -2.09.